The second kappa shape index (κ2) is 12.0. The number of sulfonamides is 1. The Morgan fingerprint density at radius 1 is 0.974 bits per heavy atom. The van der Waals surface area contributed by atoms with Crippen LogP contribution in [-0.2, 0) is 26.2 Å². The average Bonchev–Trinajstić information content (AvgIpc) is 3.40. The number of hydrogen-bond acceptors (Lipinski definition) is 4. The van der Waals surface area contributed by atoms with Crippen molar-refractivity contribution in [2.75, 3.05) is 17.1 Å². The fraction of sp³-hybridized carbons (Fsp3) is 0.400. The monoisotopic (exact) mass is 535 g/mol. The van der Waals surface area contributed by atoms with Crippen LogP contribution < -0.4 is 9.62 Å². The SMILES string of the molecule is CCC(C(=O)NC1CCCC1)N(Cc1ccc(C)cc1)C(=O)CN(c1cccc2ccccc12)S(C)(=O)=O. The number of hydrogen-bond donors (Lipinski definition) is 1. The lowest BCUT2D eigenvalue weighted by molar-refractivity contribution is -0.140. The largest absolute Gasteiger partial charge is 0.352 e. The van der Waals surface area contributed by atoms with E-state index in [1.807, 2.05) is 68.4 Å². The molecule has 202 valence electrons. The highest BCUT2D eigenvalue weighted by atomic mass is 32.2. The molecule has 4 rings (SSSR count). The molecule has 3 aromatic carbocycles. The van der Waals surface area contributed by atoms with E-state index < -0.39 is 28.5 Å². The van der Waals surface area contributed by atoms with E-state index >= 15 is 0 Å². The van der Waals surface area contributed by atoms with Gasteiger partial charge in [0.15, 0.2) is 0 Å². The summed E-state index contributed by atoms with van der Waals surface area (Å²) in [4.78, 5) is 28.9. The molecule has 0 saturated heterocycles. The van der Waals surface area contributed by atoms with Crippen LogP contribution in [0.1, 0.15) is 50.2 Å². The van der Waals surface area contributed by atoms with Gasteiger partial charge in [0, 0.05) is 18.0 Å². The van der Waals surface area contributed by atoms with Gasteiger partial charge in [-0.05, 0) is 43.2 Å². The standard InChI is InChI=1S/C30H37N3O4S/c1-4-27(30(35)31-25-12-6-7-13-25)32(20-23-18-16-22(2)17-19-23)29(34)21-33(38(3,36)37)28-15-9-11-24-10-5-8-14-26(24)28/h5,8-11,14-19,25,27H,4,6-7,12-13,20-21H2,1-3H3,(H,31,35). The maximum absolute atomic E-state index is 14.0. The Balaban J connectivity index is 1.68. The van der Waals surface area contributed by atoms with Crippen molar-refractivity contribution in [2.24, 2.45) is 0 Å². The van der Waals surface area contributed by atoms with Crippen LogP contribution >= 0.6 is 0 Å². The zero-order valence-electron chi connectivity index (χ0n) is 22.4. The summed E-state index contributed by atoms with van der Waals surface area (Å²) >= 11 is 0. The van der Waals surface area contributed by atoms with Gasteiger partial charge in [-0.3, -0.25) is 13.9 Å². The smallest absolute Gasteiger partial charge is 0.244 e. The van der Waals surface area contributed by atoms with Crippen molar-refractivity contribution in [1.82, 2.24) is 10.2 Å². The second-order valence-corrected chi connectivity index (χ2v) is 12.1. The van der Waals surface area contributed by atoms with Crippen molar-refractivity contribution < 1.29 is 18.0 Å². The van der Waals surface area contributed by atoms with Gasteiger partial charge in [0.05, 0.1) is 11.9 Å². The van der Waals surface area contributed by atoms with Crippen molar-refractivity contribution in [3.8, 4) is 0 Å². The summed E-state index contributed by atoms with van der Waals surface area (Å²) in [5.41, 5.74) is 2.42. The van der Waals surface area contributed by atoms with Crippen molar-refractivity contribution in [3.63, 3.8) is 0 Å². The summed E-state index contributed by atoms with van der Waals surface area (Å²) in [5.74, 6) is -0.603. The van der Waals surface area contributed by atoms with Gasteiger partial charge in [0.25, 0.3) is 0 Å². The number of amides is 2. The summed E-state index contributed by atoms with van der Waals surface area (Å²) in [6.07, 6.45) is 5.58. The Morgan fingerprint density at radius 3 is 2.29 bits per heavy atom. The predicted octanol–water partition coefficient (Wildman–Crippen LogP) is 4.78. The van der Waals surface area contributed by atoms with E-state index in [9.17, 15) is 18.0 Å². The number of nitrogens with zero attached hydrogens (tertiary/aromatic N) is 2. The molecule has 38 heavy (non-hydrogen) atoms. The number of nitrogens with one attached hydrogen (secondary N) is 1. The molecule has 7 nitrogen and oxygen atoms in total. The maximum Gasteiger partial charge on any atom is 0.244 e. The van der Waals surface area contributed by atoms with Crippen LogP contribution in [0.25, 0.3) is 10.8 Å². The molecule has 0 aromatic heterocycles. The minimum absolute atomic E-state index is 0.121. The molecular weight excluding hydrogens is 498 g/mol. The van der Waals surface area contributed by atoms with E-state index in [0.717, 1.165) is 58.1 Å². The van der Waals surface area contributed by atoms with Gasteiger partial charge in [0.1, 0.15) is 12.6 Å². The zero-order chi connectivity index (χ0) is 27.3. The van der Waals surface area contributed by atoms with E-state index in [4.69, 9.17) is 0 Å². The number of benzene rings is 3. The highest BCUT2D eigenvalue weighted by Crippen LogP contribution is 2.29. The van der Waals surface area contributed by atoms with Crippen LogP contribution in [-0.4, -0.2) is 50.0 Å². The number of rotatable bonds is 10. The van der Waals surface area contributed by atoms with Gasteiger partial charge in [0.2, 0.25) is 21.8 Å². The number of fused-ring (bicyclic) bond motifs is 1. The summed E-state index contributed by atoms with van der Waals surface area (Å²) in [5, 5.41) is 4.75. The van der Waals surface area contributed by atoms with Crippen LogP contribution in [0.4, 0.5) is 5.69 Å². The van der Waals surface area contributed by atoms with Gasteiger partial charge in [-0.25, -0.2) is 8.42 Å². The van der Waals surface area contributed by atoms with Crippen LogP contribution in [0.5, 0.6) is 0 Å². The fourth-order valence-corrected chi connectivity index (χ4v) is 6.06. The van der Waals surface area contributed by atoms with Crippen LogP contribution in [0.2, 0.25) is 0 Å². The molecule has 0 bridgehead atoms. The summed E-state index contributed by atoms with van der Waals surface area (Å²) in [6.45, 7) is 3.69. The molecule has 1 atom stereocenters. The molecule has 3 aromatic rings. The van der Waals surface area contributed by atoms with Gasteiger partial charge in [-0.1, -0.05) is 86.0 Å². The topological polar surface area (TPSA) is 86.8 Å². The first-order valence-electron chi connectivity index (χ1n) is 13.3. The molecule has 1 fully saturated rings. The lowest BCUT2D eigenvalue weighted by atomic mass is 10.1. The summed E-state index contributed by atoms with van der Waals surface area (Å²) in [7, 11) is -3.80. The highest BCUT2D eigenvalue weighted by Gasteiger charge is 2.33. The van der Waals surface area contributed by atoms with Crippen molar-refractivity contribution in [2.45, 2.75) is 64.6 Å². The number of aryl methyl sites for hydroxylation is 1. The third-order valence-corrected chi connectivity index (χ3v) is 8.40. The van der Waals surface area contributed by atoms with Crippen molar-refractivity contribution in [1.29, 1.82) is 0 Å². The lowest BCUT2D eigenvalue weighted by Gasteiger charge is -2.33. The Morgan fingerprint density at radius 2 is 1.63 bits per heavy atom. The van der Waals surface area contributed by atoms with Crippen LogP contribution in [0.15, 0.2) is 66.7 Å². The Kier molecular flexibility index (Phi) is 8.72. The normalized spacial score (nSPS) is 14.8. The second-order valence-electron chi connectivity index (χ2n) is 10.2. The lowest BCUT2D eigenvalue weighted by Crippen LogP contribution is -2.53. The van der Waals surface area contributed by atoms with E-state index in [1.165, 1.54) is 4.90 Å². The third kappa shape index (κ3) is 6.54. The van der Waals surface area contributed by atoms with Gasteiger partial charge in [-0.2, -0.15) is 0 Å². The summed E-state index contributed by atoms with van der Waals surface area (Å²) < 4.78 is 27.2. The molecule has 0 radical (unpaired) electrons. The van der Waals surface area contributed by atoms with Gasteiger partial charge >= 0.3 is 0 Å². The van der Waals surface area contributed by atoms with E-state index in [2.05, 4.69) is 5.32 Å². The molecule has 2 amide bonds. The molecule has 1 N–H and O–H groups in total. The first-order valence-corrected chi connectivity index (χ1v) is 15.1. The Hall–Kier alpha value is -3.39. The van der Waals surface area contributed by atoms with Crippen molar-refractivity contribution in [3.05, 3.63) is 77.9 Å². The number of carbonyl (C=O) groups is 2. The molecule has 1 saturated carbocycles. The molecule has 1 aliphatic carbocycles. The minimum Gasteiger partial charge on any atom is -0.352 e. The number of anilines is 1. The zero-order valence-corrected chi connectivity index (χ0v) is 23.2. The maximum atomic E-state index is 14.0. The quantitative estimate of drug-likeness (QED) is 0.405. The van der Waals surface area contributed by atoms with E-state index in [1.54, 1.807) is 12.1 Å². The molecule has 1 unspecified atom stereocenters. The average molecular weight is 536 g/mol. The Labute approximate surface area is 225 Å². The van der Waals surface area contributed by atoms with Gasteiger partial charge in [-0.15, -0.1) is 0 Å². The Bertz CT molecular complexity index is 1380. The summed E-state index contributed by atoms with van der Waals surface area (Å²) in [6, 6.07) is 20.1. The van der Waals surface area contributed by atoms with Crippen molar-refractivity contribution >= 4 is 38.3 Å². The molecule has 0 heterocycles. The van der Waals surface area contributed by atoms with Crippen LogP contribution in [0.3, 0.4) is 0 Å². The van der Waals surface area contributed by atoms with Gasteiger partial charge < -0.3 is 10.2 Å². The van der Waals surface area contributed by atoms with E-state index in [-0.39, 0.29) is 18.5 Å². The molecule has 0 aliphatic heterocycles. The fourth-order valence-electron chi connectivity index (χ4n) is 5.20. The van der Waals surface area contributed by atoms with Crippen LogP contribution in [0, 0.1) is 6.92 Å². The molecular formula is C30H37N3O4S. The number of carbonyl (C=O) groups excluding carboxylic acids is 2. The first-order chi connectivity index (χ1) is 18.2. The minimum atomic E-state index is -3.80. The molecule has 8 heteroatoms. The highest BCUT2D eigenvalue weighted by molar-refractivity contribution is 7.92. The third-order valence-electron chi connectivity index (χ3n) is 7.28. The molecule has 1 aliphatic rings. The predicted molar refractivity (Wildman–Crippen MR) is 152 cm³/mol. The first kappa shape index (κ1) is 27.6. The van der Waals surface area contributed by atoms with E-state index in [0.29, 0.717) is 12.1 Å². The molecule has 0 spiro atoms.